The summed E-state index contributed by atoms with van der Waals surface area (Å²) in [4.78, 5) is 44.1. The van der Waals surface area contributed by atoms with Gasteiger partial charge in [0.1, 0.15) is 0 Å². The Labute approximate surface area is 189 Å². The second-order valence-electron chi connectivity index (χ2n) is 8.01. The lowest BCUT2D eigenvalue weighted by Gasteiger charge is -2.33. The molecule has 8 nitrogen and oxygen atoms in total. The number of para-hydroxylation sites is 1. The van der Waals surface area contributed by atoms with Gasteiger partial charge < -0.3 is 14.6 Å². The molecule has 1 N–H and O–H groups in total. The minimum Gasteiger partial charge on any atom is -0.459 e. The van der Waals surface area contributed by atoms with Crippen LogP contribution in [-0.4, -0.2) is 39.4 Å². The Hall–Kier alpha value is -4.20. The molecule has 0 saturated carbocycles. The fourth-order valence-corrected chi connectivity index (χ4v) is 4.17. The van der Waals surface area contributed by atoms with Gasteiger partial charge in [-0.2, -0.15) is 0 Å². The molecular weight excluding hydrogens is 420 g/mol. The highest BCUT2D eigenvalue weighted by Crippen LogP contribution is 2.23. The van der Waals surface area contributed by atoms with Gasteiger partial charge in [-0.1, -0.05) is 12.1 Å². The third-order valence-corrected chi connectivity index (χ3v) is 5.97. The lowest BCUT2D eigenvalue weighted by molar-refractivity contribution is 0.0693. The minimum absolute atomic E-state index is 0.0119. The Kier molecular flexibility index (Phi) is 5.48. The van der Waals surface area contributed by atoms with E-state index in [0.29, 0.717) is 48.1 Å². The van der Waals surface area contributed by atoms with Gasteiger partial charge in [0, 0.05) is 30.4 Å². The topological polar surface area (TPSA) is 97.4 Å². The maximum Gasteiger partial charge on any atom is 0.291 e. The van der Waals surface area contributed by atoms with Gasteiger partial charge in [-0.05, 0) is 61.4 Å². The first kappa shape index (κ1) is 20.7. The number of hydrogen-bond donors (Lipinski definition) is 1. The lowest BCUT2D eigenvalue weighted by Crippen LogP contribution is -2.40. The summed E-state index contributed by atoms with van der Waals surface area (Å²) in [6.45, 7) is 1.11. The molecule has 1 fully saturated rings. The molecule has 5 rings (SSSR count). The van der Waals surface area contributed by atoms with E-state index in [0.717, 1.165) is 0 Å². The smallest absolute Gasteiger partial charge is 0.291 e. The van der Waals surface area contributed by atoms with E-state index in [4.69, 9.17) is 4.42 Å². The fraction of sp³-hybridized carbons (Fsp3) is 0.200. The fourth-order valence-electron chi connectivity index (χ4n) is 4.17. The van der Waals surface area contributed by atoms with E-state index in [1.807, 2.05) is 18.2 Å². The summed E-state index contributed by atoms with van der Waals surface area (Å²) in [5.41, 5.74) is 1.77. The monoisotopic (exact) mass is 442 g/mol. The van der Waals surface area contributed by atoms with E-state index < -0.39 is 0 Å². The maximum atomic E-state index is 12.9. The van der Waals surface area contributed by atoms with Crippen molar-refractivity contribution in [3.8, 4) is 0 Å². The molecule has 0 unspecified atom stereocenters. The van der Waals surface area contributed by atoms with Crippen LogP contribution in [0.3, 0.4) is 0 Å². The number of nitrogens with zero attached hydrogens (tertiary/aromatic N) is 3. The molecule has 0 aliphatic carbocycles. The number of aromatic nitrogens is 2. The lowest BCUT2D eigenvalue weighted by atomic mass is 10.0. The standard InChI is InChI=1S/C25H22N4O4/c30-23(22-6-3-15-33-22)27-18-9-7-17(8-10-18)24(31)28-13-11-19(12-14-28)29-16-26-21-5-2-1-4-20(21)25(29)32/h1-10,15-16,19H,11-14H2,(H,27,30). The van der Waals surface area contributed by atoms with E-state index in [2.05, 4.69) is 10.3 Å². The van der Waals surface area contributed by atoms with Gasteiger partial charge in [0.05, 0.1) is 23.5 Å². The van der Waals surface area contributed by atoms with E-state index >= 15 is 0 Å². The van der Waals surface area contributed by atoms with Crippen LogP contribution in [0.4, 0.5) is 5.69 Å². The third-order valence-electron chi connectivity index (χ3n) is 5.97. The van der Waals surface area contributed by atoms with Gasteiger partial charge in [0.25, 0.3) is 17.4 Å². The van der Waals surface area contributed by atoms with Gasteiger partial charge in [-0.3, -0.25) is 19.0 Å². The molecule has 0 radical (unpaired) electrons. The summed E-state index contributed by atoms with van der Waals surface area (Å²) < 4.78 is 6.77. The van der Waals surface area contributed by atoms with Crippen LogP contribution in [-0.2, 0) is 0 Å². The van der Waals surface area contributed by atoms with Crippen LogP contribution in [0.1, 0.15) is 39.8 Å². The minimum atomic E-state index is -0.348. The molecule has 33 heavy (non-hydrogen) atoms. The number of carbonyl (C=O) groups excluding carboxylic acids is 2. The number of carbonyl (C=O) groups is 2. The highest BCUT2D eigenvalue weighted by molar-refractivity contribution is 6.02. The third kappa shape index (κ3) is 4.15. The number of nitrogens with one attached hydrogen (secondary N) is 1. The van der Waals surface area contributed by atoms with Gasteiger partial charge in [-0.15, -0.1) is 0 Å². The molecule has 0 spiro atoms. The average molecular weight is 442 g/mol. The first-order chi connectivity index (χ1) is 16.1. The van der Waals surface area contributed by atoms with Crippen molar-refractivity contribution in [2.45, 2.75) is 18.9 Å². The van der Waals surface area contributed by atoms with Gasteiger partial charge in [0.2, 0.25) is 0 Å². The number of fused-ring (bicyclic) bond motifs is 1. The highest BCUT2D eigenvalue weighted by atomic mass is 16.3. The second-order valence-corrected chi connectivity index (χ2v) is 8.01. The maximum absolute atomic E-state index is 12.9. The number of amides is 2. The summed E-state index contributed by atoms with van der Waals surface area (Å²) >= 11 is 0. The Bertz CT molecular complexity index is 1350. The van der Waals surface area contributed by atoms with Gasteiger partial charge in [0.15, 0.2) is 5.76 Å². The number of benzene rings is 2. The normalized spacial score (nSPS) is 14.4. The van der Waals surface area contributed by atoms with E-state index in [1.54, 1.807) is 58.3 Å². The zero-order valence-electron chi connectivity index (χ0n) is 17.8. The number of piperidine rings is 1. The Morgan fingerprint density at radius 1 is 0.970 bits per heavy atom. The highest BCUT2D eigenvalue weighted by Gasteiger charge is 2.25. The molecule has 1 aliphatic heterocycles. The molecule has 4 aromatic rings. The molecule has 3 heterocycles. The second kappa shape index (κ2) is 8.74. The van der Waals surface area contributed by atoms with Crippen LogP contribution in [0.2, 0.25) is 0 Å². The molecule has 0 atom stereocenters. The molecule has 166 valence electrons. The number of hydrogen-bond acceptors (Lipinski definition) is 5. The molecule has 2 aromatic carbocycles. The van der Waals surface area contributed by atoms with Crippen molar-refractivity contribution in [2.24, 2.45) is 0 Å². The van der Waals surface area contributed by atoms with Crippen LogP contribution in [0, 0.1) is 0 Å². The van der Waals surface area contributed by atoms with Crippen molar-refractivity contribution in [1.29, 1.82) is 0 Å². The molecule has 1 saturated heterocycles. The number of furan rings is 1. The van der Waals surface area contributed by atoms with Crippen molar-refractivity contribution in [3.63, 3.8) is 0 Å². The van der Waals surface area contributed by atoms with Crippen molar-refractivity contribution >= 4 is 28.4 Å². The SMILES string of the molecule is O=C(Nc1ccc(C(=O)N2CCC(n3cnc4ccccc4c3=O)CC2)cc1)c1ccco1. The Morgan fingerprint density at radius 3 is 2.45 bits per heavy atom. The van der Waals surface area contributed by atoms with Crippen molar-refractivity contribution < 1.29 is 14.0 Å². The van der Waals surface area contributed by atoms with Crippen LogP contribution in [0.25, 0.3) is 10.9 Å². The number of rotatable bonds is 4. The zero-order chi connectivity index (χ0) is 22.8. The Morgan fingerprint density at radius 2 is 1.73 bits per heavy atom. The average Bonchev–Trinajstić information content (AvgIpc) is 3.40. The van der Waals surface area contributed by atoms with E-state index in [-0.39, 0.29) is 29.2 Å². The summed E-state index contributed by atoms with van der Waals surface area (Å²) in [5, 5.41) is 3.35. The summed E-state index contributed by atoms with van der Waals surface area (Å²) in [5.74, 6) is -0.195. The van der Waals surface area contributed by atoms with Crippen LogP contribution >= 0.6 is 0 Å². The molecule has 2 amide bonds. The van der Waals surface area contributed by atoms with Crippen molar-refractivity contribution in [3.05, 3.63) is 94.9 Å². The predicted molar refractivity (Wildman–Crippen MR) is 123 cm³/mol. The van der Waals surface area contributed by atoms with Gasteiger partial charge in [-0.25, -0.2) is 4.98 Å². The van der Waals surface area contributed by atoms with Crippen molar-refractivity contribution in [1.82, 2.24) is 14.5 Å². The van der Waals surface area contributed by atoms with E-state index in [9.17, 15) is 14.4 Å². The molecule has 2 aromatic heterocycles. The largest absolute Gasteiger partial charge is 0.459 e. The summed E-state index contributed by atoms with van der Waals surface area (Å²) in [6.07, 6.45) is 4.42. The molecule has 1 aliphatic rings. The molecule has 8 heteroatoms. The van der Waals surface area contributed by atoms with Crippen LogP contribution < -0.4 is 10.9 Å². The molecule has 0 bridgehead atoms. The summed E-state index contributed by atoms with van der Waals surface area (Å²) in [7, 11) is 0. The van der Waals surface area contributed by atoms with Crippen molar-refractivity contribution in [2.75, 3.05) is 18.4 Å². The number of likely N-dealkylation sites (tertiary alicyclic amines) is 1. The number of anilines is 1. The first-order valence-electron chi connectivity index (χ1n) is 10.8. The van der Waals surface area contributed by atoms with E-state index in [1.165, 1.54) is 6.26 Å². The quantitative estimate of drug-likeness (QED) is 0.520. The predicted octanol–water partition coefficient (Wildman–Crippen LogP) is 3.72. The summed E-state index contributed by atoms with van der Waals surface area (Å²) in [6, 6.07) is 17.4. The first-order valence-corrected chi connectivity index (χ1v) is 10.8. The zero-order valence-corrected chi connectivity index (χ0v) is 17.8. The molecular formula is C25H22N4O4. The van der Waals surface area contributed by atoms with Crippen LogP contribution in [0.5, 0.6) is 0 Å². The van der Waals surface area contributed by atoms with Crippen LogP contribution in [0.15, 0.2) is 82.5 Å². The van der Waals surface area contributed by atoms with Gasteiger partial charge >= 0.3 is 0 Å². The Balaban J connectivity index is 1.22.